The van der Waals surface area contributed by atoms with E-state index >= 15 is 0 Å². The van der Waals surface area contributed by atoms with Crippen LogP contribution in [0.5, 0.6) is 0 Å². The Bertz CT molecular complexity index is 167. The van der Waals surface area contributed by atoms with Gasteiger partial charge in [-0.05, 0) is 18.8 Å². The van der Waals surface area contributed by atoms with Crippen molar-refractivity contribution < 1.29 is 13.3 Å². The minimum Gasteiger partial charge on any atom is -0.364 e. The molecular weight excluding hydrogens is 198 g/mol. The third-order valence-electron chi connectivity index (χ3n) is 3.03. The third kappa shape index (κ3) is 2.55. The number of hydrogen-bond acceptors (Lipinski definition) is 4. The van der Waals surface area contributed by atoms with E-state index in [0.717, 1.165) is 0 Å². The molecule has 2 unspecified atom stereocenters. The second kappa shape index (κ2) is 5.23. The van der Waals surface area contributed by atoms with Gasteiger partial charge in [-0.15, -0.1) is 0 Å². The molecule has 14 heavy (non-hydrogen) atoms. The van der Waals surface area contributed by atoms with Gasteiger partial charge < -0.3 is 13.3 Å². The number of rotatable bonds is 5. The van der Waals surface area contributed by atoms with Crippen LogP contribution in [-0.2, 0) is 13.3 Å². The molecule has 0 spiro atoms. The summed E-state index contributed by atoms with van der Waals surface area (Å²) >= 11 is 0. The summed E-state index contributed by atoms with van der Waals surface area (Å²) < 4.78 is 16.0. The highest BCUT2D eigenvalue weighted by Crippen LogP contribution is 2.26. The molecule has 1 saturated carbocycles. The maximum atomic E-state index is 5.33. The van der Waals surface area contributed by atoms with Crippen molar-refractivity contribution in [2.75, 3.05) is 21.3 Å². The van der Waals surface area contributed by atoms with E-state index in [2.05, 4.69) is 11.9 Å². The van der Waals surface area contributed by atoms with Crippen LogP contribution in [-0.4, -0.2) is 36.3 Å². The van der Waals surface area contributed by atoms with E-state index in [1.165, 1.54) is 19.3 Å². The standard InChI is InChI=1S/C9H21NO3Si/c1-8-6-5-7-9(8)10-14(11-2,12-3)13-4/h8-10H,5-7H2,1-4H3. The topological polar surface area (TPSA) is 39.7 Å². The molecule has 0 radical (unpaired) electrons. The van der Waals surface area contributed by atoms with Gasteiger partial charge in [-0.25, -0.2) is 0 Å². The van der Waals surface area contributed by atoms with Crippen molar-refractivity contribution in [3.8, 4) is 0 Å². The highest BCUT2D eigenvalue weighted by molar-refractivity contribution is 6.57. The Labute approximate surface area is 87.4 Å². The Morgan fingerprint density at radius 3 is 2.00 bits per heavy atom. The Morgan fingerprint density at radius 2 is 1.64 bits per heavy atom. The van der Waals surface area contributed by atoms with Crippen LogP contribution in [0, 0.1) is 5.92 Å². The zero-order chi connectivity index (χ0) is 10.6. The normalized spacial score (nSPS) is 28.3. The van der Waals surface area contributed by atoms with Crippen LogP contribution in [0.25, 0.3) is 0 Å². The van der Waals surface area contributed by atoms with Crippen LogP contribution in [0.2, 0.25) is 0 Å². The summed E-state index contributed by atoms with van der Waals surface area (Å²) in [5.74, 6) is 0.683. The predicted octanol–water partition coefficient (Wildman–Crippen LogP) is 1.14. The smallest absolute Gasteiger partial charge is 0.364 e. The molecule has 5 heteroatoms. The molecule has 0 saturated heterocycles. The second-order valence-electron chi connectivity index (χ2n) is 3.83. The van der Waals surface area contributed by atoms with E-state index in [1.807, 2.05) is 0 Å². The van der Waals surface area contributed by atoms with E-state index in [0.29, 0.717) is 12.0 Å². The average molecular weight is 219 g/mol. The molecule has 1 aliphatic carbocycles. The van der Waals surface area contributed by atoms with Crippen LogP contribution in [0.4, 0.5) is 0 Å². The highest BCUT2D eigenvalue weighted by Gasteiger charge is 2.43. The van der Waals surface area contributed by atoms with E-state index in [1.54, 1.807) is 21.3 Å². The first kappa shape index (κ1) is 12.1. The van der Waals surface area contributed by atoms with Gasteiger partial charge in [-0.1, -0.05) is 13.3 Å². The maximum absolute atomic E-state index is 5.33. The summed E-state index contributed by atoms with van der Waals surface area (Å²) in [4.78, 5) is 3.40. The minimum atomic E-state index is -2.57. The molecule has 0 aromatic heterocycles. The van der Waals surface area contributed by atoms with Crippen LogP contribution in [0.3, 0.4) is 0 Å². The van der Waals surface area contributed by atoms with E-state index < -0.39 is 8.97 Å². The van der Waals surface area contributed by atoms with Crippen LogP contribution < -0.4 is 4.98 Å². The van der Waals surface area contributed by atoms with E-state index in [-0.39, 0.29) is 0 Å². The zero-order valence-electron chi connectivity index (χ0n) is 9.50. The Kier molecular flexibility index (Phi) is 4.53. The molecule has 0 heterocycles. The monoisotopic (exact) mass is 219 g/mol. The molecule has 84 valence electrons. The van der Waals surface area contributed by atoms with Gasteiger partial charge in [0.25, 0.3) is 0 Å². The predicted molar refractivity (Wildman–Crippen MR) is 56.7 cm³/mol. The van der Waals surface area contributed by atoms with Crippen molar-refractivity contribution in [1.82, 2.24) is 4.98 Å². The first-order valence-electron chi connectivity index (χ1n) is 5.10. The molecule has 1 rings (SSSR count). The first-order chi connectivity index (χ1) is 6.67. The van der Waals surface area contributed by atoms with Crippen molar-refractivity contribution >= 4 is 8.97 Å². The van der Waals surface area contributed by atoms with Gasteiger partial charge in [0, 0.05) is 27.4 Å². The molecule has 0 aliphatic heterocycles. The van der Waals surface area contributed by atoms with Crippen molar-refractivity contribution in [2.45, 2.75) is 32.2 Å². The minimum absolute atomic E-state index is 0.474. The molecule has 1 aliphatic rings. The summed E-state index contributed by atoms with van der Waals surface area (Å²) in [5, 5.41) is 0. The lowest BCUT2D eigenvalue weighted by Crippen LogP contribution is -2.61. The lowest BCUT2D eigenvalue weighted by Gasteiger charge is -2.29. The summed E-state index contributed by atoms with van der Waals surface area (Å²) in [6, 6.07) is 0.474. The fourth-order valence-corrected chi connectivity index (χ4v) is 3.75. The van der Waals surface area contributed by atoms with Crippen molar-refractivity contribution in [2.24, 2.45) is 5.92 Å². The Balaban J connectivity index is 2.54. The van der Waals surface area contributed by atoms with Gasteiger partial charge >= 0.3 is 8.97 Å². The molecule has 0 aromatic carbocycles. The lowest BCUT2D eigenvalue weighted by molar-refractivity contribution is 0.103. The van der Waals surface area contributed by atoms with Crippen molar-refractivity contribution in [1.29, 1.82) is 0 Å². The van der Waals surface area contributed by atoms with Gasteiger partial charge in [0.05, 0.1) is 0 Å². The van der Waals surface area contributed by atoms with Crippen molar-refractivity contribution in [3.05, 3.63) is 0 Å². The SMILES string of the molecule is CO[Si](NC1CCCC1C)(OC)OC. The molecule has 0 bridgehead atoms. The van der Waals surface area contributed by atoms with Gasteiger partial charge in [-0.2, -0.15) is 0 Å². The van der Waals surface area contributed by atoms with Gasteiger partial charge in [0.1, 0.15) is 0 Å². The summed E-state index contributed by atoms with van der Waals surface area (Å²) in [6.07, 6.45) is 3.74. The Morgan fingerprint density at radius 1 is 1.07 bits per heavy atom. The molecule has 4 nitrogen and oxygen atoms in total. The summed E-state index contributed by atoms with van der Waals surface area (Å²) in [5.41, 5.74) is 0. The maximum Gasteiger partial charge on any atom is 0.596 e. The van der Waals surface area contributed by atoms with Gasteiger partial charge in [0.15, 0.2) is 0 Å². The van der Waals surface area contributed by atoms with Crippen LogP contribution in [0.15, 0.2) is 0 Å². The molecule has 0 amide bonds. The van der Waals surface area contributed by atoms with Gasteiger partial charge in [0.2, 0.25) is 0 Å². The number of hydrogen-bond donors (Lipinski definition) is 1. The third-order valence-corrected chi connectivity index (χ3v) is 5.37. The summed E-state index contributed by atoms with van der Waals surface area (Å²) in [7, 11) is 2.32. The first-order valence-corrected chi connectivity index (χ1v) is 6.83. The molecule has 1 N–H and O–H groups in total. The van der Waals surface area contributed by atoms with Gasteiger partial charge in [-0.3, -0.25) is 4.98 Å². The zero-order valence-corrected chi connectivity index (χ0v) is 10.5. The average Bonchev–Trinajstić information content (AvgIpc) is 2.61. The highest BCUT2D eigenvalue weighted by atomic mass is 28.4. The van der Waals surface area contributed by atoms with E-state index in [9.17, 15) is 0 Å². The van der Waals surface area contributed by atoms with E-state index in [4.69, 9.17) is 13.3 Å². The largest absolute Gasteiger partial charge is 0.596 e. The molecule has 2 atom stereocenters. The lowest BCUT2D eigenvalue weighted by atomic mass is 10.1. The molecular formula is C9H21NO3Si. The summed E-state index contributed by atoms with van der Waals surface area (Å²) in [6.45, 7) is 2.25. The Hall–Kier alpha value is 0.0569. The molecule has 0 aromatic rings. The second-order valence-corrected chi connectivity index (χ2v) is 6.45. The number of nitrogens with one attached hydrogen (secondary N) is 1. The quantitative estimate of drug-likeness (QED) is 0.704. The van der Waals surface area contributed by atoms with Crippen LogP contribution >= 0.6 is 0 Å². The fourth-order valence-electron chi connectivity index (χ4n) is 2.01. The fraction of sp³-hybridized carbons (Fsp3) is 1.00. The van der Waals surface area contributed by atoms with Crippen LogP contribution in [0.1, 0.15) is 26.2 Å². The van der Waals surface area contributed by atoms with Crippen molar-refractivity contribution in [3.63, 3.8) is 0 Å². The molecule has 1 fully saturated rings.